The van der Waals surface area contributed by atoms with Crippen molar-refractivity contribution in [2.24, 2.45) is 0 Å². The molecular weight excluding hydrogens is 462 g/mol. The zero-order valence-corrected chi connectivity index (χ0v) is 18.1. The molecule has 0 N–H and O–H groups in total. The average Bonchev–Trinajstić information content (AvgIpc) is 3.19. The lowest BCUT2D eigenvalue weighted by Gasteiger charge is -2.33. The summed E-state index contributed by atoms with van der Waals surface area (Å²) in [4.78, 5) is 25.7. The second kappa shape index (κ2) is 7.93. The van der Waals surface area contributed by atoms with Gasteiger partial charge in [0, 0.05) is 50.2 Å². The van der Waals surface area contributed by atoms with Gasteiger partial charge in [0.25, 0.3) is 10.0 Å². The Morgan fingerprint density at radius 2 is 1.92 bits per heavy atom. The summed E-state index contributed by atoms with van der Waals surface area (Å²) in [7, 11) is -3.51. The van der Waals surface area contributed by atoms with Gasteiger partial charge in [0.05, 0.1) is 3.79 Å². The second-order valence-electron chi connectivity index (χ2n) is 5.89. The number of rotatable bonds is 5. The summed E-state index contributed by atoms with van der Waals surface area (Å²) in [6.07, 6.45) is 0.238. The number of halogens is 1. The predicted octanol–water partition coefficient (Wildman–Crippen LogP) is 1.97. The lowest BCUT2D eigenvalue weighted by atomic mass is 10.3. The fourth-order valence-electron chi connectivity index (χ4n) is 2.78. The van der Waals surface area contributed by atoms with E-state index in [2.05, 4.69) is 15.9 Å². The fourth-order valence-corrected chi connectivity index (χ4v) is 7.13. The zero-order chi connectivity index (χ0) is 18.9. The van der Waals surface area contributed by atoms with Crippen molar-refractivity contribution in [2.45, 2.75) is 24.1 Å². The van der Waals surface area contributed by atoms with E-state index in [1.165, 1.54) is 15.6 Å². The van der Waals surface area contributed by atoms with Crippen LogP contribution in [-0.4, -0.2) is 54.3 Å². The van der Waals surface area contributed by atoms with Crippen molar-refractivity contribution in [3.63, 3.8) is 0 Å². The Kier molecular flexibility index (Phi) is 6.02. The second-order valence-corrected chi connectivity index (χ2v) is 11.3. The van der Waals surface area contributed by atoms with Crippen LogP contribution in [0.5, 0.6) is 0 Å². The minimum atomic E-state index is -3.51. The number of hydrogen-bond acceptors (Lipinski definition) is 6. The van der Waals surface area contributed by atoms with E-state index in [0.29, 0.717) is 23.8 Å². The van der Waals surface area contributed by atoms with Gasteiger partial charge in [-0.25, -0.2) is 8.42 Å². The Morgan fingerprint density at radius 3 is 2.46 bits per heavy atom. The number of nitrogens with zero attached hydrogens (tertiary/aromatic N) is 3. The van der Waals surface area contributed by atoms with Gasteiger partial charge < -0.3 is 9.47 Å². The molecule has 142 valence electrons. The molecule has 0 saturated carbocycles. The summed E-state index contributed by atoms with van der Waals surface area (Å²) in [5, 5.41) is 1.78. The summed E-state index contributed by atoms with van der Waals surface area (Å²) in [5.74, 6) is -0.0570. The standard InChI is InChI=1S/C15H18BrN3O4S3/c1-11-10-24-15(21)19(11)5-4-13(20)17-6-8-18(9-7-17)26(22,23)14-3-2-12(16)25-14/h2-3,10H,4-9H2,1H3. The lowest BCUT2D eigenvalue weighted by Crippen LogP contribution is -2.50. The molecule has 2 aromatic heterocycles. The van der Waals surface area contributed by atoms with E-state index in [-0.39, 0.29) is 30.3 Å². The predicted molar refractivity (Wildman–Crippen MR) is 105 cm³/mol. The molecule has 7 nitrogen and oxygen atoms in total. The number of thiophene rings is 1. The van der Waals surface area contributed by atoms with Crippen molar-refractivity contribution in [3.8, 4) is 0 Å². The molecular formula is C15H18BrN3O4S3. The van der Waals surface area contributed by atoms with Crippen LogP contribution in [0.2, 0.25) is 0 Å². The van der Waals surface area contributed by atoms with Crippen LogP contribution >= 0.6 is 38.6 Å². The SMILES string of the molecule is Cc1csc(=O)n1CCC(=O)N1CCN(S(=O)(=O)c2ccc(Br)s2)CC1. The molecule has 0 aliphatic carbocycles. The third kappa shape index (κ3) is 4.11. The van der Waals surface area contributed by atoms with Crippen LogP contribution in [0.25, 0.3) is 0 Å². The molecule has 11 heteroatoms. The zero-order valence-electron chi connectivity index (χ0n) is 14.1. The highest BCUT2D eigenvalue weighted by molar-refractivity contribution is 9.11. The van der Waals surface area contributed by atoms with Crippen LogP contribution in [0.15, 0.2) is 30.3 Å². The highest BCUT2D eigenvalue weighted by Crippen LogP contribution is 2.29. The molecule has 1 aliphatic rings. The van der Waals surface area contributed by atoms with Crippen molar-refractivity contribution in [1.29, 1.82) is 0 Å². The van der Waals surface area contributed by atoms with E-state index in [0.717, 1.165) is 20.8 Å². The summed E-state index contributed by atoms with van der Waals surface area (Å²) >= 11 is 5.59. The maximum absolute atomic E-state index is 12.6. The van der Waals surface area contributed by atoms with Crippen molar-refractivity contribution in [2.75, 3.05) is 26.2 Å². The van der Waals surface area contributed by atoms with Crippen molar-refractivity contribution >= 4 is 54.5 Å². The van der Waals surface area contributed by atoms with Crippen molar-refractivity contribution in [3.05, 3.63) is 36.7 Å². The Balaban J connectivity index is 1.56. The van der Waals surface area contributed by atoms with Gasteiger partial charge in [0.15, 0.2) is 0 Å². The number of thiazole rings is 1. The average molecular weight is 480 g/mol. The first-order valence-corrected chi connectivity index (χ1v) is 11.9. The number of carbonyl (C=O) groups is 1. The van der Waals surface area contributed by atoms with E-state index in [1.807, 2.05) is 6.92 Å². The van der Waals surface area contributed by atoms with Crippen LogP contribution < -0.4 is 4.87 Å². The highest BCUT2D eigenvalue weighted by atomic mass is 79.9. The summed E-state index contributed by atoms with van der Waals surface area (Å²) < 4.78 is 29.3. The first kappa shape index (κ1) is 19.7. The molecule has 0 aromatic carbocycles. The van der Waals surface area contributed by atoms with Crippen LogP contribution in [0, 0.1) is 6.92 Å². The van der Waals surface area contributed by atoms with Gasteiger partial charge in [-0.3, -0.25) is 9.59 Å². The first-order chi connectivity index (χ1) is 12.3. The molecule has 2 aromatic rings. The van der Waals surface area contributed by atoms with Gasteiger partial charge in [0.1, 0.15) is 4.21 Å². The van der Waals surface area contributed by atoms with Gasteiger partial charge in [-0.05, 0) is 35.0 Å². The van der Waals surface area contributed by atoms with Crippen LogP contribution in [0.4, 0.5) is 0 Å². The molecule has 0 radical (unpaired) electrons. The van der Waals surface area contributed by atoms with Crippen LogP contribution in [0.1, 0.15) is 12.1 Å². The Morgan fingerprint density at radius 1 is 1.23 bits per heavy atom. The quantitative estimate of drug-likeness (QED) is 0.656. The monoisotopic (exact) mass is 479 g/mol. The number of carbonyl (C=O) groups excluding carboxylic acids is 1. The maximum Gasteiger partial charge on any atom is 0.307 e. The Hall–Kier alpha value is -1.01. The van der Waals surface area contributed by atoms with E-state index in [9.17, 15) is 18.0 Å². The van der Waals surface area contributed by atoms with Gasteiger partial charge in [-0.2, -0.15) is 4.31 Å². The van der Waals surface area contributed by atoms with Crippen LogP contribution in [-0.2, 0) is 21.4 Å². The smallest absolute Gasteiger partial charge is 0.307 e. The van der Waals surface area contributed by atoms with E-state index in [4.69, 9.17) is 0 Å². The molecule has 3 rings (SSSR count). The minimum Gasteiger partial charge on any atom is -0.340 e. The number of piperazine rings is 1. The number of hydrogen-bond donors (Lipinski definition) is 0. The summed E-state index contributed by atoms with van der Waals surface area (Å²) in [5.41, 5.74) is 0.853. The third-order valence-corrected chi connectivity index (χ3v) is 9.13. The van der Waals surface area contributed by atoms with E-state index < -0.39 is 10.0 Å². The largest absolute Gasteiger partial charge is 0.340 e. The van der Waals surface area contributed by atoms with Gasteiger partial charge >= 0.3 is 4.87 Å². The van der Waals surface area contributed by atoms with Gasteiger partial charge in [0.2, 0.25) is 5.91 Å². The number of aryl methyl sites for hydroxylation is 1. The minimum absolute atomic E-state index is 0.0570. The Bertz CT molecular complexity index is 955. The first-order valence-electron chi connectivity index (χ1n) is 7.97. The molecule has 1 amide bonds. The van der Waals surface area contributed by atoms with Gasteiger partial charge in [-0.15, -0.1) is 11.3 Å². The Labute approximate surface area is 168 Å². The molecule has 1 aliphatic heterocycles. The van der Waals surface area contributed by atoms with E-state index in [1.54, 1.807) is 27.0 Å². The van der Waals surface area contributed by atoms with Crippen molar-refractivity contribution < 1.29 is 13.2 Å². The fraction of sp³-hybridized carbons (Fsp3) is 0.467. The maximum atomic E-state index is 12.6. The molecule has 0 bridgehead atoms. The molecule has 1 fully saturated rings. The van der Waals surface area contributed by atoms with Crippen LogP contribution in [0.3, 0.4) is 0 Å². The summed E-state index contributed by atoms with van der Waals surface area (Å²) in [6.45, 7) is 3.48. The molecule has 3 heterocycles. The third-order valence-electron chi connectivity index (χ3n) is 4.26. The molecule has 1 saturated heterocycles. The lowest BCUT2D eigenvalue weighted by molar-refractivity contribution is -0.132. The van der Waals surface area contributed by atoms with Crippen molar-refractivity contribution in [1.82, 2.24) is 13.8 Å². The molecule has 0 atom stereocenters. The number of aromatic nitrogens is 1. The van der Waals surface area contributed by atoms with E-state index >= 15 is 0 Å². The highest BCUT2D eigenvalue weighted by Gasteiger charge is 2.31. The topological polar surface area (TPSA) is 79.7 Å². The summed E-state index contributed by atoms with van der Waals surface area (Å²) in [6, 6.07) is 3.30. The molecule has 26 heavy (non-hydrogen) atoms. The molecule has 0 unspecified atom stereocenters. The van der Waals surface area contributed by atoms with Gasteiger partial charge in [-0.1, -0.05) is 11.3 Å². The normalized spacial score (nSPS) is 16.2. The molecule has 0 spiro atoms. The number of amides is 1. The number of sulfonamides is 1.